The van der Waals surface area contributed by atoms with Crippen LogP contribution in [-0.2, 0) is 14.3 Å². The molecule has 4 rings (SSSR count). The van der Waals surface area contributed by atoms with Crippen molar-refractivity contribution in [1.29, 1.82) is 0 Å². The number of Topliss-reactive ketones (excluding diaryl/α,β-unsaturated/α-hetero) is 1. The Morgan fingerprint density at radius 3 is 2.58 bits per heavy atom. The Kier molecular flexibility index (Phi) is 5.32. The van der Waals surface area contributed by atoms with Crippen LogP contribution in [-0.4, -0.2) is 61.6 Å². The van der Waals surface area contributed by atoms with Crippen molar-refractivity contribution in [2.45, 2.75) is 77.2 Å². The molecule has 0 aliphatic heterocycles. The van der Waals surface area contributed by atoms with Crippen molar-refractivity contribution in [3.63, 3.8) is 0 Å². The lowest BCUT2D eigenvalue weighted by Crippen LogP contribution is -2.63. The van der Waals surface area contributed by atoms with Gasteiger partial charge in [-0.15, -0.1) is 0 Å². The molecule has 0 bridgehead atoms. The number of ketones is 2. The minimum absolute atomic E-state index is 0.00422. The van der Waals surface area contributed by atoms with Crippen molar-refractivity contribution < 1.29 is 39.9 Å². The Hall–Kier alpha value is -1.16. The predicted octanol–water partition coefficient (Wildman–Crippen LogP) is 0.640. The molecule has 4 aliphatic carbocycles. The minimum atomic E-state index is -3.45. The zero-order valence-electron chi connectivity index (χ0n) is 18.4. The van der Waals surface area contributed by atoms with E-state index in [-0.39, 0.29) is 47.7 Å². The molecule has 0 saturated heterocycles. The molecule has 3 fully saturated rings. The maximum absolute atomic E-state index is 12.9. The van der Waals surface area contributed by atoms with Gasteiger partial charge in [-0.2, -0.15) is 0 Å². The van der Waals surface area contributed by atoms with E-state index in [1.807, 2.05) is 6.92 Å². The topological polar surface area (TPSA) is 145 Å². The zero-order valence-corrected chi connectivity index (χ0v) is 18.4. The van der Waals surface area contributed by atoms with Gasteiger partial charge in [0.2, 0.25) is 0 Å². The average Bonchev–Trinajstić information content (AvgIpc) is 2.92. The summed E-state index contributed by atoms with van der Waals surface area (Å²) in [4.78, 5) is 25.0. The number of ether oxygens (including phenoxy) is 1. The van der Waals surface area contributed by atoms with Crippen LogP contribution in [0.1, 0.15) is 59.3 Å². The second-order valence-corrected chi connectivity index (χ2v) is 10.8. The van der Waals surface area contributed by atoms with Crippen LogP contribution in [0.5, 0.6) is 0 Å². The first-order valence-electron chi connectivity index (χ1n) is 11.2. The average molecular weight is 439 g/mol. The summed E-state index contributed by atoms with van der Waals surface area (Å²) >= 11 is 0. The number of aliphatic hydroxyl groups excluding tert-OH is 1. The number of hydrogen-bond donors (Lipinski definition) is 5. The van der Waals surface area contributed by atoms with Crippen LogP contribution in [0.4, 0.5) is 0 Å². The van der Waals surface area contributed by atoms with Gasteiger partial charge in [0.15, 0.2) is 11.6 Å². The highest BCUT2D eigenvalue weighted by Gasteiger charge is 2.68. The maximum atomic E-state index is 12.9. The minimum Gasteiger partial charge on any atom is -0.393 e. The third kappa shape index (κ3) is 3.34. The summed E-state index contributed by atoms with van der Waals surface area (Å²) in [6.07, 6.45) is 0.565. The fourth-order valence-corrected chi connectivity index (χ4v) is 7.86. The number of rotatable bonds is 4. The van der Waals surface area contributed by atoms with Crippen molar-refractivity contribution in [3.05, 3.63) is 11.6 Å². The summed E-state index contributed by atoms with van der Waals surface area (Å²) in [5.74, 6) is -0.374. The fraction of sp³-hybridized carbons (Fsp3) is 0.826. The van der Waals surface area contributed by atoms with Crippen molar-refractivity contribution in [3.8, 4) is 0 Å². The van der Waals surface area contributed by atoms with Crippen LogP contribution in [0, 0.1) is 34.5 Å². The van der Waals surface area contributed by atoms with E-state index < -0.39 is 35.7 Å². The molecule has 0 spiro atoms. The lowest BCUT2D eigenvalue weighted by molar-refractivity contribution is -0.451. The highest BCUT2D eigenvalue weighted by atomic mass is 16.9. The van der Waals surface area contributed by atoms with E-state index in [9.17, 15) is 19.8 Å². The molecular weight excluding hydrogens is 404 g/mol. The Labute approximate surface area is 181 Å². The molecule has 0 unspecified atom stereocenters. The number of carbonyl (C=O) groups excluding carboxylic acids is 2. The molecule has 8 atom stereocenters. The van der Waals surface area contributed by atoms with Crippen LogP contribution in [0.15, 0.2) is 11.6 Å². The van der Waals surface area contributed by atoms with Gasteiger partial charge in [-0.25, -0.2) is 0 Å². The summed E-state index contributed by atoms with van der Waals surface area (Å²) < 4.78 is 4.40. The van der Waals surface area contributed by atoms with Gasteiger partial charge < -0.3 is 25.5 Å². The Morgan fingerprint density at radius 2 is 1.94 bits per heavy atom. The second-order valence-electron chi connectivity index (χ2n) is 10.8. The highest BCUT2D eigenvalue weighted by molar-refractivity contribution is 5.92. The summed E-state index contributed by atoms with van der Waals surface area (Å²) in [6, 6.07) is 0. The summed E-state index contributed by atoms with van der Waals surface area (Å²) in [6.45, 7) is 5.24. The molecule has 4 aliphatic rings. The van der Waals surface area contributed by atoms with Crippen LogP contribution in [0.2, 0.25) is 0 Å². The zero-order chi connectivity index (χ0) is 23.0. The smallest absolute Gasteiger partial charge is 0.393 e. The molecule has 0 amide bonds. The quantitative estimate of drug-likeness (QED) is 0.402. The van der Waals surface area contributed by atoms with Crippen LogP contribution < -0.4 is 0 Å². The number of hydrogen-bond acceptors (Lipinski definition) is 8. The molecule has 3 saturated carbocycles. The first-order chi connectivity index (χ1) is 14.2. The van der Waals surface area contributed by atoms with Gasteiger partial charge in [0.25, 0.3) is 0 Å². The third-order valence-corrected chi connectivity index (χ3v) is 9.22. The lowest BCUT2D eigenvalue weighted by atomic mass is 9.44. The largest absolute Gasteiger partial charge is 0.405 e. The molecule has 0 aromatic heterocycles. The van der Waals surface area contributed by atoms with Crippen molar-refractivity contribution in [2.75, 3.05) is 6.61 Å². The van der Waals surface area contributed by atoms with Crippen molar-refractivity contribution in [1.82, 2.24) is 0 Å². The molecule has 174 valence electrons. The van der Waals surface area contributed by atoms with E-state index in [0.717, 1.165) is 12.0 Å². The van der Waals surface area contributed by atoms with E-state index in [0.29, 0.717) is 19.3 Å². The molecule has 31 heavy (non-hydrogen) atoms. The first-order valence-corrected chi connectivity index (χ1v) is 11.2. The van der Waals surface area contributed by atoms with Gasteiger partial charge in [-0.3, -0.25) is 14.3 Å². The Balaban J connectivity index is 1.66. The van der Waals surface area contributed by atoms with Crippen LogP contribution >= 0.6 is 0 Å². The molecule has 5 N–H and O–H groups in total. The Morgan fingerprint density at radius 1 is 1.26 bits per heavy atom. The summed E-state index contributed by atoms with van der Waals surface area (Å²) in [5, 5.41) is 49.7. The third-order valence-electron chi connectivity index (χ3n) is 9.22. The number of fused-ring (bicyclic) bond motifs is 5. The van der Waals surface area contributed by atoms with Crippen LogP contribution in [0.25, 0.3) is 0 Å². The molecule has 8 heteroatoms. The Bertz CT molecular complexity index is 815. The lowest BCUT2D eigenvalue weighted by Gasteiger charge is -2.61. The molecule has 0 heterocycles. The SMILES string of the molecule is C[C@H]1C[C@@H]2[C@H]([C@@H](O)C[C@@]3(C)[C@H]2CC[C@]3(O)C(=O)COC(O)(O)O)[C@@]2(C)CCC(=O)C=C12. The monoisotopic (exact) mass is 438 g/mol. The molecule has 8 nitrogen and oxygen atoms in total. The van der Waals surface area contributed by atoms with Crippen LogP contribution in [0.3, 0.4) is 0 Å². The van der Waals surface area contributed by atoms with Gasteiger partial charge in [0.05, 0.1) is 6.10 Å². The van der Waals surface area contributed by atoms with E-state index in [1.54, 1.807) is 6.08 Å². The van der Waals surface area contributed by atoms with Gasteiger partial charge in [-0.05, 0) is 67.3 Å². The normalized spacial score (nSPS) is 47.3. The molecular formula is C23H34O8. The first kappa shape index (κ1) is 23.0. The molecule has 0 aromatic carbocycles. The van der Waals surface area contributed by atoms with Gasteiger partial charge in [0, 0.05) is 11.8 Å². The summed E-state index contributed by atoms with van der Waals surface area (Å²) in [5.41, 5.74) is -1.86. The number of aliphatic hydroxyl groups is 5. The molecule has 0 aromatic rings. The van der Waals surface area contributed by atoms with E-state index >= 15 is 0 Å². The fourth-order valence-electron chi connectivity index (χ4n) is 7.86. The van der Waals surface area contributed by atoms with E-state index in [4.69, 9.17) is 15.3 Å². The second kappa shape index (κ2) is 7.17. The summed E-state index contributed by atoms with van der Waals surface area (Å²) in [7, 11) is 0. The van der Waals surface area contributed by atoms with Gasteiger partial charge in [0.1, 0.15) is 12.2 Å². The highest BCUT2D eigenvalue weighted by Crippen LogP contribution is 2.68. The van der Waals surface area contributed by atoms with Gasteiger partial charge in [-0.1, -0.05) is 26.3 Å². The maximum Gasteiger partial charge on any atom is 0.405 e. The number of allylic oxidation sites excluding steroid dienone is 1. The van der Waals surface area contributed by atoms with E-state index in [2.05, 4.69) is 18.6 Å². The van der Waals surface area contributed by atoms with Gasteiger partial charge >= 0.3 is 6.16 Å². The van der Waals surface area contributed by atoms with Crippen molar-refractivity contribution >= 4 is 11.6 Å². The van der Waals surface area contributed by atoms with E-state index in [1.165, 1.54) is 0 Å². The predicted molar refractivity (Wildman–Crippen MR) is 108 cm³/mol. The number of carbonyl (C=O) groups is 2. The standard InChI is InChI=1S/C23H34O8/c1-12-8-14-15-5-7-22(27,18(26)11-31-23(28,29)30)21(15,3)10-17(25)19(14)20(2)6-4-13(24)9-16(12)20/h9,12,14-15,17,19,25,27-30H,4-8,10-11H2,1-3H3/t12-,14-,15-,17-,19+,20-,21-,22-/m0/s1. The molecule has 0 radical (unpaired) electrons. The van der Waals surface area contributed by atoms with Crippen molar-refractivity contribution in [2.24, 2.45) is 34.5 Å².